The second kappa shape index (κ2) is 10.7. The molecule has 0 unspecified atom stereocenters. The summed E-state index contributed by atoms with van der Waals surface area (Å²) in [6.07, 6.45) is 5.22. The van der Waals surface area contributed by atoms with Crippen LogP contribution >= 0.6 is 0 Å². The minimum atomic E-state index is -1.36. The number of hydrogen-bond acceptors (Lipinski definition) is 2. The van der Waals surface area contributed by atoms with Crippen LogP contribution in [-0.4, -0.2) is 9.32 Å². The standard InChI is InChI=1S/C25H34O2S/c1-5-7-8-12-19-25(6-2,24(26)22-13-10-9-11-14-22)21(4)28(27)23-17-15-20(3)16-18-23/h9-11,13-18,24,26H,4-8,12,19H2,1-3H3/t24-,25+,28-/m1/s1. The van der Waals surface area contributed by atoms with Gasteiger partial charge in [-0.2, -0.15) is 0 Å². The van der Waals surface area contributed by atoms with Gasteiger partial charge in [-0.3, -0.25) is 0 Å². The van der Waals surface area contributed by atoms with Crippen molar-refractivity contribution in [2.24, 2.45) is 5.41 Å². The quantitative estimate of drug-likeness (QED) is 0.427. The van der Waals surface area contributed by atoms with Gasteiger partial charge in [0.1, 0.15) is 0 Å². The molecule has 0 aromatic heterocycles. The van der Waals surface area contributed by atoms with Crippen LogP contribution in [0.15, 0.2) is 71.0 Å². The van der Waals surface area contributed by atoms with Gasteiger partial charge < -0.3 is 5.11 Å². The Labute approximate surface area is 173 Å². The average molecular weight is 399 g/mol. The average Bonchev–Trinajstić information content (AvgIpc) is 2.74. The fourth-order valence-electron chi connectivity index (χ4n) is 3.81. The van der Waals surface area contributed by atoms with Gasteiger partial charge in [-0.15, -0.1) is 0 Å². The van der Waals surface area contributed by atoms with Crippen LogP contribution in [0.3, 0.4) is 0 Å². The zero-order valence-corrected chi connectivity index (χ0v) is 18.3. The highest BCUT2D eigenvalue weighted by Gasteiger charge is 2.42. The topological polar surface area (TPSA) is 37.3 Å². The first-order valence-electron chi connectivity index (χ1n) is 10.4. The van der Waals surface area contributed by atoms with Crippen molar-refractivity contribution in [3.05, 3.63) is 77.2 Å². The van der Waals surface area contributed by atoms with E-state index in [0.717, 1.165) is 41.7 Å². The zero-order valence-electron chi connectivity index (χ0n) is 17.5. The van der Waals surface area contributed by atoms with Gasteiger partial charge in [0.2, 0.25) is 0 Å². The minimum absolute atomic E-state index is 0.606. The molecule has 1 N–H and O–H groups in total. The molecule has 0 aliphatic heterocycles. The number of hydrogen-bond donors (Lipinski definition) is 1. The highest BCUT2D eigenvalue weighted by Crippen LogP contribution is 2.49. The van der Waals surface area contributed by atoms with Crippen molar-refractivity contribution >= 4 is 10.8 Å². The molecule has 3 heteroatoms. The Kier molecular flexibility index (Phi) is 8.65. The molecule has 0 amide bonds. The molecule has 152 valence electrons. The van der Waals surface area contributed by atoms with Crippen LogP contribution in [-0.2, 0) is 10.8 Å². The molecule has 3 atom stereocenters. The molecule has 0 fully saturated rings. The van der Waals surface area contributed by atoms with Crippen molar-refractivity contribution in [2.75, 3.05) is 0 Å². The Morgan fingerprint density at radius 1 is 1.04 bits per heavy atom. The molecule has 28 heavy (non-hydrogen) atoms. The second-order valence-corrected chi connectivity index (χ2v) is 9.14. The predicted molar refractivity (Wildman–Crippen MR) is 120 cm³/mol. The summed E-state index contributed by atoms with van der Waals surface area (Å²) in [4.78, 5) is 1.38. The Bertz CT molecular complexity index is 767. The Balaban J connectivity index is 2.38. The van der Waals surface area contributed by atoms with E-state index in [-0.39, 0.29) is 0 Å². The molecule has 0 aliphatic rings. The SMILES string of the molecule is C=C([S@@](=O)c1ccc(C)cc1)[C@](CC)(CCCCCC)[C@H](O)c1ccccc1. The molecule has 0 heterocycles. The maximum Gasteiger partial charge on any atom is 0.0892 e. The molecule has 0 saturated carbocycles. The summed E-state index contributed by atoms with van der Waals surface area (Å²) >= 11 is 0. The molecule has 0 saturated heterocycles. The van der Waals surface area contributed by atoms with Gasteiger partial charge in [-0.25, -0.2) is 4.21 Å². The Morgan fingerprint density at radius 2 is 1.68 bits per heavy atom. The van der Waals surface area contributed by atoms with Gasteiger partial charge >= 0.3 is 0 Å². The summed E-state index contributed by atoms with van der Waals surface area (Å²) < 4.78 is 13.4. The highest BCUT2D eigenvalue weighted by molar-refractivity contribution is 7.89. The van der Waals surface area contributed by atoms with E-state index in [1.807, 2.05) is 61.5 Å². The van der Waals surface area contributed by atoms with Crippen LogP contribution in [0, 0.1) is 12.3 Å². The molecule has 2 aromatic carbocycles. The summed E-state index contributed by atoms with van der Waals surface area (Å²) in [5.74, 6) is 0. The van der Waals surface area contributed by atoms with Crippen LogP contribution in [0.5, 0.6) is 0 Å². The van der Waals surface area contributed by atoms with Crippen molar-refractivity contribution in [3.63, 3.8) is 0 Å². The Hall–Kier alpha value is -1.71. The third-order valence-corrected chi connectivity index (χ3v) is 7.31. The van der Waals surface area contributed by atoms with Crippen molar-refractivity contribution in [3.8, 4) is 0 Å². The fourth-order valence-corrected chi connectivity index (χ4v) is 5.20. The minimum Gasteiger partial charge on any atom is -0.387 e. The number of aliphatic hydroxyl groups is 1. The predicted octanol–water partition coefficient (Wildman–Crippen LogP) is 6.72. The van der Waals surface area contributed by atoms with Gasteiger partial charge in [0.05, 0.1) is 16.9 Å². The van der Waals surface area contributed by atoms with Gasteiger partial charge in [0.25, 0.3) is 0 Å². The first-order chi connectivity index (χ1) is 13.5. The van der Waals surface area contributed by atoms with E-state index in [9.17, 15) is 9.32 Å². The largest absolute Gasteiger partial charge is 0.387 e. The number of aryl methyl sites for hydroxylation is 1. The molecule has 0 bridgehead atoms. The van der Waals surface area contributed by atoms with E-state index in [4.69, 9.17) is 0 Å². The van der Waals surface area contributed by atoms with Crippen molar-refractivity contribution < 1.29 is 9.32 Å². The lowest BCUT2D eigenvalue weighted by Gasteiger charge is -2.39. The maximum atomic E-state index is 13.4. The van der Waals surface area contributed by atoms with Gasteiger partial charge in [0, 0.05) is 15.2 Å². The smallest absolute Gasteiger partial charge is 0.0892 e. The lowest BCUT2D eigenvalue weighted by atomic mass is 9.72. The van der Waals surface area contributed by atoms with E-state index in [0.29, 0.717) is 11.3 Å². The first kappa shape index (κ1) is 22.6. The number of rotatable bonds is 11. The van der Waals surface area contributed by atoms with Crippen LogP contribution in [0.25, 0.3) is 0 Å². The van der Waals surface area contributed by atoms with Crippen molar-refractivity contribution in [2.45, 2.75) is 70.3 Å². The number of aliphatic hydroxyl groups excluding tert-OH is 1. The summed E-state index contributed by atoms with van der Waals surface area (Å²) in [5.41, 5.74) is 1.39. The zero-order chi connectivity index (χ0) is 20.6. The molecular formula is C25H34O2S. The van der Waals surface area contributed by atoms with Crippen LogP contribution in [0.1, 0.15) is 69.6 Å². The summed E-state index contributed by atoms with van der Waals surface area (Å²) in [6, 6.07) is 17.5. The Morgan fingerprint density at radius 3 is 2.25 bits per heavy atom. The van der Waals surface area contributed by atoms with Crippen LogP contribution in [0.2, 0.25) is 0 Å². The third-order valence-electron chi connectivity index (χ3n) is 5.76. The lowest BCUT2D eigenvalue weighted by molar-refractivity contribution is 0.0432. The highest BCUT2D eigenvalue weighted by atomic mass is 32.2. The van der Waals surface area contributed by atoms with E-state index < -0.39 is 22.3 Å². The first-order valence-corrected chi connectivity index (χ1v) is 11.5. The van der Waals surface area contributed by atoms with Gasteiger partial charge in [-0.1, -0.05) is 94.1 Å². The van der Waals surface area contributed by atoms with Gasteiger partial charge in [-0.05, 0) is 37.5 Å². The molecule has 2 nitrogen and oxygen atoms in total. The van der Waals surface area contributed by atoms with E-state index in [1.54, 1.807) is 0 Å². The lowest BCUT2D eigenvalue weighted by Crippen LogP contribution is -2.32. The molecule has 0 spiro atoms. The van der Waals surface area contributed by atoms with Gasteiger partial charge in [0.15, 0.2) is 0 Å². The second-order valence-electron chi connectivity index (χ2n) is 7.64. The maximum absolute atomic E-state index is 13.4. The molecule has 0 radical (unpaired) electrons. The summed E-state index contributed by atoms with van der Waals surface area (Å²) in [5, 5.41) is 11.4. The van der Waals surface area contributed by atoms with E-state index >= 15 is 0 Å². The molecule has 2 aromatic rings. The van der Waals surface area contributed by atoms with Crippen molar-refractivity contribution in [1.29, 1.82) is 0 Å². The number of unbranched alkanes of at least 4 members (excludes halogenated alkanes) is 3. The third kappa shape index (κ3) is 5.21. The van der Waals surface area contributed by atoms with Crippen LogP contribution < -0.4 is 0 Å². The monoisotopic (exact) mass is 398 g/mol. The fraction of sp³-hybridized carbons (Fsp3) is 0.440. The van der Waals surface area contributed by atoms with E-state index in [1.165, 1.54) is 6.42 Å². The van der Waals surface area contributed by atoms with Crippen LogP contribution in [0.4, 0.5) is 0 Å². The van der Waals surface area contributed by atoms with E-state index in [2.05, 4.69) is 20.4 Å². The van der Waals surface area contributed by atoms with Crippen molar-refractivity contribution in [1.82, 2.24) is 0 Å². The number of benzene rings is 2. The summed E-state index contributed by atoms with van der Waals surface area (Å²) in [6.45, 7) is 10.6. The normalized spacial score (nSPS) is 15.6. The molecule has 0 aliphatic carbocycles. The molecular weight excluding hydrogens is 364 g/mol. The molecule has 2 rings (SSSR count). The summed E-state index contributed by atoms with van der Waals surface area (Å²) in [7, 11) is -1.36.